The monoisotopic (exact) mass is 137 g/mol. The molecular weight excluding hydrogens is 132 g/mol. The minimum Gasteiger partial charge on any atom is -0.507 e. The van der Waals surface area contributed by atoms with Crippen LogP contribution in [0.1, 0.15) is 10.4 Å². The van der Waals surface area contributed by atoms with E-state index < -0.39 is 5.97 Å². The number of aromatic carboxylic acids is 1. The molecule has 1 rings (SSSR count). The van der Waals surface area contributed by atoms with Crippen molar-refractivity contribution in [2.75, 3.05) is 0 Å². The van der Waals surface area contributed by atoms with Crippen LogP contribution in [-0.2, 0) is 0 Å². The molecule has 3 heteroatoms. The zero-order valence-electron chi connectivity index (χ0n) is 5.03. The SMILES string of the molecule is O=C(O)c1c[c]ccc1O. The second-order valence-corrected chi connectivity index (χ2v) is 1.75. The third kappa shape index (κ3) is 1.07. The Kier molecular flexibility index (Phi) is 1.58. The van der Waals surface area contributed by atoms with Gasteiger partial charge in [0.05, 0.1) is 0 Å². The average molecular weight is 137 g/mol. The third-order valence-corrected chi connectivity index (χ3v) is 1.07. The quantitative estimate of drug-likeness (QED) is 0.604. The predicted molar refractivity (Wildman–Crippen MR) is 33.9 cm³/mol. The number of carboxylic acids is 1. The second-order valence-electron chi connectivity index (χ2n) is 1.75. The fraction of sp³-hybridized carbons (Fsp3) is 0. The minimum atomic E-state index is -1.14. The first-order valence-corrected chi connectivity index (χ1v) is 2.64. The first kappa shape index (κ1) is 6.61. The number of phenols is 1. The van der Waals surface area contributed by atoms with Gasteiger partial charge >= 0.3 is 5.97 Å². The van der Waals surface area contributed by atoms with Crippen LogP contribution in [0.5, 0.6) is 5.75 Å². The molecule has 0 unspecified atom stereocenters. The van der Waals surface area contributed by atoms with E-state index in [9.17, 15) is 4.79 Å². The van der Waals surface area contributed by atoms with Gasteiger partial charge in [-0.1, -0.05) is 6.07 Å². The highest BCUT2D eigenvalue weighted by molar-refractivity contribution is 5.90. The molecule has 0 fully saturated rings. The largest absolute Gasteiger partial charge is 0.507 e. The number of carbonyl (C=O) groups is 1. The lowest BCUT2D eigenvalue weighted by Crippen LogP contribution is -1.95. The number of benzene rings is 1. The fourth-order valence-electron chi connectivity index (χ4n) is 0.594. The van der Waals surface area contributed by atoms with Gasteiger partial charge < -0.3 is 10.2 Å². The molecule has 0 saturated carbocycles. The van der Waals surface area contributed by atoms with Gasteiger partial charge in [-0.2, -0.15) is 0 Å². The van der Waals surface area contributed by atoms with E-state index in [1.807, 2.05) is 0 Å². The van der Waals surface area contributed by atoms with Gasteiger partial charge in [0.25, 0.3) is 0 Å². The third-order valence-electron chi connectivity index (χ3n) is 1.07. The van der Waals surface area contributed by atoms with Crippen molar-refractivity contribution in [2.24, 2.45) is 0 Å². The number of carboxylic acid groups (broad SMARTS) is 1. The van der Waals surface area contributed by atoms with Crippen molar-refractivity contribution in [2.45, 2.75) is 0 Å². The van der Waals surface area contributed by atoms with Crippen molar-refractivity contribution in [3.8, 4) is 5.75 Å². The Morgan fingerprint density at radius 3 is 2.70 bits per heavy atom. The summed E-state index contributed by atoms with van der Waals surface area (Å²) in [6.07, 6.45) is 0. The summed E-state index contributed by atoms with van der Waals surface area (Å²) in [5, 5.41) is 17.3. The average Bonchev–Trinajstić information content (AvgIpc) is 1.88. The maximum atomic E-state index is 10.2. The van der Waals surface area contributed by atoms with E-state index in [2.05, 4.69) is 6.07 Å². The standard InChI is InChI=1S/C7H5O3/c8-6-4-2-1-3-5(6)7(9)10/h2-4,8H,(H,9,10). The first-order valence-electron chi connectivity index (χ1n) is 2.64. The molecule has 0 aliphatic carbocycles. The smallest absolute Gasteiger partial charge is 0.339 e. The highest BCUT2D eigenvalue weighted by atomic mass is 16.4. The van der Waals surface area contributed by atoms with Crippen molar-refractivity contribution in [1.29, 1.82) is 0 Å². The summed E-state index contributed by atoms with van der Waals surface area (Å²) >= 11 is 0. The van der Waals surface area contributed by atoms with Crippen LogP contribution in [0.3, 0.4) is 0 Å². The Morgan fingerprint density at radius 1 is 1.60 bits per heavy atom. The Balaban J connectivity index is 3.15. The number of rotatable bonds is 1. The summed E-state index contributed by atoms with van der Waals surface area (Å²) in [5.41, 5.74) is -0.123. The summed E-state index contributed by atoms with van der Waals surface area (Å²) in [7, 11) is 0. The molecule has 0 spiro atoms. The van der Waals surface area contributed by atoms with E-state index in [4.69, 9.17) is 10.2 Å². The van der Waals surface area contributed by atoms with E-state index in [1.165, 1.54) is 18.2 Å². The molecule has 1 aromatic carbocycles. The van der Waals surface area contributed by atoms with Crippen molar-refractivity contribution in [3.63, 3.8) is 0 Å². The number of hydrogen-bond donors (Lipinski definition) is 2. The molecule has 0 heterocycles. The van der Waals surface area contributed by atoms with Crippen LogP contribution in [-0.4, -0.2) is 16.2 Å². The number of hydrogen-bond acceptors (Lipinski definition) is 2. The molecule has 0 bridgehead atoms. The summed E-state index contributed by atoms with van der Waals surface area (Å²) in [6, 6.07) is 6.49. The van der Waals surface area contributed by atoms with Gasteiger partial charge in [-0.15, -0.1) is 0 Å². The molecule has 0 amide bonds. The highest BCUT2D eigenvalue weighted by Gasteiger charge is 2.05. The van der Waals surface area contributed by atoms with Crippen molar-refractivity contribution >= 4 is 5.97 Å². The van der Waals surface area contributed by atoms with E-state index in [-0.39, 0.29) is 11.3 Å². The van der Waals surface area contributed by atoms with Gasteiger partial charge in [-0.25, -0.2) is 4.79 Å². The molecule has 0 saturated heterocycles. The Morgan fingerprint density at radius 2 is 2.30 bits per heavy atom. The molecule has 3 nitrogen and oxygen atoms in total. The lowest BCUT2D eigenvalue weighted by molar-refractivity contribution is 0.0693. The summed E-state index contributed by atoms with van der Waals surface area (Å²) in [5.74, 6) is -1.37. The fourth-order valence-corrected chi connectivity index (χ4v) is 0.594. The lowest BCUT2D eigenvalue weighted by atomic mass is 10.2. The van der Waals surface area contributed by atoms with Gasteiger partial charge in [0.1, 0.15) is 11.3 Å². The molecule has 51 valence electrons. The molecule has 0 aliphatic heterocycles. The van der Waals surface area contributed by atoms with Gasteiger partial charge in [0.15, 0.2) is 0 Å². The van der Waals surface area contributed by atoms with Crippen LogP contribution in [0.15, 0.2) is 18.2 Å². The Labute approximate surface area is 57.5 Å². The van der Waals surface area contributed by atoms with Crippen molar-refractivity contribution < 1.29 is 15.0 Å². The van der Waals surface area contributed by atoms with Crippen LogP contribution in [0.4, 0.5) is 0 Å². The van der Waals surface area contributed by atoms with Crippen LogP contribution in [0.25, 0.3) is 0 Å². The summed E-state index contributed by atoms with van der Waals surface area (Å²) in [6.45, 7) is 0. The van der Waals surface area contributed by atoms with E-state index in [1.54, 1.807) is 0 Å². The Bertz CT molecular complexity index is 255. The topological polar surface area (TPSA) is 57.5 Å². The summed E-state index contributed by atoms with van der Waals surface area (Å²) < 4.78 is 0. The molecule has 0 aromatic heterocycles. The molecule has 2 N–H and O–H groups in total. The summed E-state index contributed by atoms with van der Waals surface area (Å²) in [4.78, 5) is 10.2. The van der Waals surface area contributed by atoms with Crippen LogP contribution < -0.4 is 0 Å². The molecule has 0 atom stereocenters. The lowest BCUT2D eigenvalue weighted by Gasteiger charge is -1.94. The van der Waals surface area contributed by atoms with E-state index in [0.29, 0.717) is 0 Å². The van der Waals surface area contributed by atoms with Gasteiger partial charge in [-0.3, -0.25) is 0 Å². The maximum Gasteiger partial charge on any atom is 0.339 e. The Hall–Kier alpha value is -1.51. The van der Waals surface area contributed by atoms with Gasteiger partial charge in [0, 0.05) is 0 Å². The highest BCUT2D eigenvalue weighted by Crippen LogP contribution is 2.13. The number of aromatic hydroxyl groups is 1. The minimum absolute atomic E-state index is 0.123. The normalized spacial score (nSPS) is 9.20. The van der Waals surface area contributed by atoms with E-state index in [0.717, 1.165) is 0 Å². The first-order chi connectivity index (χ1) is 4.72. The van der Waals surface area contributed by atoms with E-state index >= 15 is 0 Å². The zero-order valence-corrected chi connectivity index (χ0v) is 5.03. The molecule has 10 heavy (non-hydrogen) atoms. The van der Waals surface area contributed by atoms with Crippen LogP contribution >= 0.6 is 0 Å². The molecular formula is C7H5O3. The molecule has 1 radical (unpaired) electrons. The predicted octanol–water partition coefficient (Wildman–Crippen LogP) is 0.891. The van der Waals surface area contributed by atoms with Crippen molar-refractivity contribution in [1.82, 2.24) is 0 Å². The van der Waals surface area contributed by atoms with Crippen LogP contribution in [0.2, 0.25) is 0 Å². The molecule has 0 aliphatic rings. The zero-order chi connectivity index (χ0) is 7.56. The van der Waals surface area contributed by atoms with Crippen molar-refractivity contribution in [3.05, 3.63) is 29.8 Å². The van der Waals surface area contributed by atoms with Gasteiger partial charge in [0.2, 0.25) is 0 Å². The maximum absolute atomic E-state index is 10.2. The molecule has 1 aromatic rings. The van der Waals surface area contributed by atoms with Crippen LogP contribution in [0, 0.1) is 6.07 Å². The second kappa shape index (κ2) is 2.39. The van der Waals surface area contributed by atoms with Gasteiger partial charge in [-0.05, 0) is 18.2 Å².